The summed E-state index contributed by atoms with van der Waals surface area (Å²) in [6.45, 7) is 1.76. The first-order valence-electron chi connectivity index (χ1n) is 6.74. The molecule has 1 unspecified atom stereocenters. The topological polar surface area (TPSA) is 63.2 Å². The third kappa shape index (κ3) is 4.39. The Kier molecular flexibility index (Phi) is 5.21. The van der Waals surface area contributed by atoms with E-state index in [1.807, 2.05) is 0 Å². The second-order valence-corrected chi connectivity index (χ2v) is 8.03. The van der Waals surface area contributed by atoms with Gasteiger partial charge in [-0.1, -0.05) is 12.1 Å². The van der Waals surface area contributed by atoms with E-state index in [-0.39, 0.29) is 16.5 Å². The predicted octanol–water partition coefficient (Wildman–Crippen LogP) is 3.48. The number of carbonyl (C=O) groups excluding carboxylic acids is 1. The molecular formula is C16H15BrFNO3S. The molecule has 0 aliphatic heterocycles. The molecule has 0 bridgehead atoms. The summed E-state index contributed by atoms with van der Waals surface area (Å²) in [6, 6.07) is 9.79. The largest absolute Gasteiger partial charge is 0.345 e. The Morgan fingerprint density at radius 1 is 1.17 bits per heavy atom. The van der Waals surface area contributed by atoms with Crippen molar-refractivity contribution in [3.8, 4) is 0 Å². The number of hydrogen-bond donors (Lipinski definition) is 1. The smallest absolute Gasteiger partial charge is 0.253 e. The van der Waals surface area contributed by atoms with Gasteiger partial charge in [-0.15, -0.1) is 0 Å². The lowest BCUT2D eigenvalue weighted by molar-refractivity contribution is 0.0938. The molecule has 23 heavy (non-hydrogen) atoms. The molecule has 0 radical (unpaired) electrons. The minimum Gasteiger partial charge on any atom is -0.345 e. The fraction of sp³-hybridized carbons (Fsp3) is 0.188. The summed E-state index contributed by atoms with van der Waals surface area (Å²) < 4.78 is 36.6. The molecule has 0 aromatic heterocycles. The van der Waals surface area contributed by atoms with E-state index in [1.165, 1.54) is 24.3 Å². The summed E-state index contributed by atoms with van der Waals surface area (Å²) in [5.41, 5.74) is 0.947. The van der Waals surface area contributed by atoms with Crippen LogP contribution in [0.1, 0.15) is 28.9 Å². The van der Waals surface area contributed by atoms with Crippen molar-refractivity contribution in [1.82, 2.24) is 5.32 Å². The first kappa shape index (κ1) is 17.6. The van der Waals surface area contributed by atoms with E-state index in [1.54, 1.807) is 19.1 Å². The first-order chi connectivity index (χ1) is 10.7. The van der Waals surface area contributed by atoms with Gasteiger partial charge in [0, 0.05) is 10.7 Å². The van der Waals surface area contributed by atoms with Crippen molar-refractivity contribution in [2.45, 2.75) is 17.9 Å². The monoisotopic (exact) mass is 399 g/mol. The third-order valence-electron chi connectivity index (χ3n) is 3.33. The van der Waals surface area contributed by atoms with Crippen LogP contribution in [0.5, 0.6) is 0 Å². The molecule has 1 atom stereocenters. The van der Waals surface area contributed by atoms with Gasteiger partial charge in [-0.05, 0) is 58.7 Å². The van der Waals surface area contributed by atoms with Crippen LogP contribution in [0.2, 0.25) is 0 Å². The highest BCUT2D eigenvalue weighted by Gasteiger charge is 2.15. The zero-order chi connectivity index (χ0) is 17.2. The molecule has 7 heteroatoms. The van der Waals surface area contributed by atoms with Crippen LogP contribution in [0.15, 0.2) is 51.8 Å². The fourth-order valence-electron chi connectivity index (χ4n) is 2.03. The van der Waals surface area contributed by atoms with Gasteiger partial charge in [-0.25, -0.2) is 12.8 Å². The lowest BCUT2D eigenvalue weighted by Gasteiger charge is -2.15. The summed E-state index contributed by atoms with van der Waals surface area (Å²) in [5, 5.41) is 2.75. The van der Waals surface area contributed by atoms with E-state index >= 15 is 0 Å². The normalized spacial score (nSPS) is 12.7. The maximum Gasteiger partial charge on any atom is 0.253 e. The Morgan fingerprint density at radius 2 is 1.78 bits per heavy atom. The number of sulfone groups is 1. The molecule has 1 amide bonds. The predicted molar refractivity (Wildman–Crippen MR) is 89.5 cm³/mol. The Hall–Kier alpha value is -1.73. The molecule has 0 aliphatic carbocycles. The second kappa shape index (κ2) is 6.80. The summed E-state index contributed by atoms with van der Waals surface area (Å²) in [6.07, 6.45) is 1.13. The molecule has 0 aliphatic rings. The highest BCUT2D eigenvalue weighted by molar-refractivity contribution is 9.10. The third-order valence-corrected chi connectivity index (χ3v) is 5.15. The number of benzene rings is 2. The maximum atomic E-state index is 13.3. The van der Waals surface area contributed by atoms with Gasteiger partial charge >= 0.3 is 0 Å². The highest BCUT2D eigenvalue weighted by Crippen LogP contribution is 2.20. The lowest BCUT2D eigenvalue weighted by Crippen LogP contribution is -2.27. The minimum atomic E-state index is -3.26. The van der Waals surface area contributed by atoms with Gasteiger partial charge in [0.05, 0.1) is 16.5 Å². The zero-order valence-electron chi connectivity index (χ0n) is 12.5. The van der Waals surface area contributed by atoms with Crippen LogP contribution in [-0.2, 0) is 9.84 Å². The standard InChI is InChI=1S/C16H15BrFNO3S/c1-10(11-3-6-13(7-4-11)23(2,21)22)19-16(20)14-9-12(18)5-8-15(14)17/h3-10H,1-2H3,(H,19,20). The number of hydrogen-bond acceptors (Lipinski definition) is 3. The molecule has 4 nitrogen and oxygen atoms in total. The summed E-state index contributed by atoms with van der Waals surface area (Å²) in [5.74, 6) is -0.917. The number of carbonyl (C=O) groups is 1. The van der Waals surface area contributed by atoms with Crippen molar-refractivity contribution in [2.24, 2.45) is 0 Å². The van der Waals surface area contributed by atoms with Gasteiger partial charge in [-0.2, -0.15) is 0 Å². The van der Waals surface area contributed by atoms with Gasteiger partial charge in [0.15, 0.2) is 9.84 Å². The van der Waals surface area contributed by atoms with Gasteiger partial charge in [0.2, 0.25) is 0 Å². The quantitative estimate of drug-likeness (QED) is 0.855. The van der Waals surface area contributed by atoms with E-state index in [2.05, 4.69) is 21.2 Å². The van der Waals surface area contributed by atoms with Crippen LogP contribution >= 0.6 is 15.9 Å². The molecule has 1 N–H and O–H groups in total. The molecule has 2 rings (SSSR count). The van der Waals surface area contributed by atoms with Gasteiger partial charge in [-0.3, -0.25) is 4.79 Å². The van der Waals surface area contributed by atoms with Gasteiger partial charge in [0.1, 0.15) is 5.82 Å². The molecule has 2 aromatic carbocycles. The van der Waals surface area contributed by atoms with E-state index in [4.69, 9.17) is 0 Å². The maximum absolute atomic E-state index is 13.3. The van der Waals surface area contributed by atoms with Crippen molar-refractivity contribution >= 4 is 31.7 Å². The first-order valence-corrected chi connectivity index (χ1v) is 9.43. The minimum absolute atomic E-state index is 0.199. The Balaban J connectivity index is 2.17. The SMILES string of the molecule is CC(NC(=O)c1cc(F)ccc1Br)c1ccc(S(C)(=O)=O)cc1. The van der Waals surface area contributed by atoms with Crippen LogP contribution in [0, 0.1) is 5.82 Å². The summed E-state index contributed by atoms with van der Waals surface area (Å²) in [7, 11) is -3.26. The average Bonchev–Trinajstić information content (AvgIpc) is 2.48. The van der Waals surface area contributed by atoms with Crippen LogP contribution in [0.4, 0.5) is 4.39 Å². The van der Waals surface area contributed by atoms with E-state index in [0.29, 0.717) is 4.47 Å². The summed E-state index contributed by atoms with van der Waals surface area (Å²) in [4.78, 5) is 12.4. The van der Waals surface area contributed by atoms with Crippen LogP contribution in [-0.4, -0.2) is 20.6 Å². The number of halogens is 2. The average molecular weight is 400 g/mol. The lowest BCUT2D eigenvalue weighted by atomic mass is 10.1. The number of amides is 1. The second-order valence-electron chi connectivity index (χ2n) is 5.16. The van der Waals surface area contributed by atoms with Crippen LogP contribution < -0.4 is 5.32 Å². The van der Waals surface area contributed by atoms with Crippen molar-refractivity contribution in [1.29, 1.82) is 0 Å². The van der Waals surface area contributed by atoms with Crippen LogP contribution in [0.25, 0.3) is 0 Å². The molecule has 2 aromatic rings. The molecule has 122 valence electrons. The molecule has 0 heterocycles. The van der Waals surface area contributed by atoms with E-state index in [0.717, 1.165) is 17.9 Å². The number of rotatable bonds is 4. The molecule has 0 spiro atoms. The Labute approximate surface area is 142 Å². The molecule has 0 fully saturated rings. The zero-order valence-corrected chi connectivity index (χ0v) is 14.9. The van der Waals surface area contributed by atoms with Gasteiger partial charge in [0.25, 0.3) is 5.91 Å². The van der Waals surface area contributed by atoms with E-state index < -0.39 is 21.6 Å². The molecule has 0 saturated carbocycles. The van der Waals surface area contributed by atoms with Crippen molar-refractivity contribution < 1.29 is 17.6 Å². The van der Waals surface area contributed by atoms with Crippen molar-refractivity contribution in [2.75, 3.05) is 6.26 Å². The molecule has 0 saturated heterocycles. The van der Waals surface area contributed by atoms with Crippen LogP contribution in [0.3, 0.4) is 0 Å². The Bertz CT molecular complexity index is 835. The molecular weight excluding hydrogens is 385 g/mol. The Morgan fingerprint density at radius 3 is 2.35 bits per heavy atom. The fourth-order valence-corrected chi connectivity index (χ4v) is 3.09. The van der Waals surface area contributed by atoms with E-state index in [9.17, 15) is 17.6 Å². The van der Waals surface area contributed by atoms with Gasteiger partial charge < -0.3 is 5.32 Å². The highest BCUT2D eigenvalue weighted by atomic mass is 79.9. The number of nitrogens with one attached hydrogen (secondary N) is 1. The van der Waals surface area contributed by atoms with Crippen molar-refractivity contribution in [3.63, 3.8) is 0 Å². The van der Waals surface area contributed by atoms with Crippen molar-refractivity contribution in [3.05, 3.63) is 63.9 Å². The summed E-state index contributed by atoms with van der Waals surface area (Å²) >= 11 is 3.21.